The molecule has 1 aliphatic heterocycles. The predicted octanol–water partition coefficient (Wildman–Crippen LogP) is 3.23. The summed E-state index contributed by atoms with van der Waals surface area (Å²) in [6.45, 7) is 14.0. The maximum absolute atomic E-state index is 5.89. The van der Waals surface area contributed by atoms with Crippen molar-refractivity contribution in [2.24, 2.45) is 0 Å². The number of nitrogens with zero attached hydrogens (tertiary/aromatic N) is 1. The van der Waals surface area contributed by atoms with Crippen molar-refractivity contribution in [3.8, 4) is 0 Å². The first-order chi connectivity index (χ1) is 9.85. The van der Waals surface area contributed by atoms with Crippen molar-refractivity contribution >= 4 is 0 Å². The van der Waals surface area contributed by atoms with Crippen molar-refractivity contribution in [1.29, 1.82) is 0 Å². The molecule has 21 heavy (non-hydrogen) atoms. The molecule has 1 aromatic rings. The standard InChI is InChI=1S/C18H30N2O/c1-14-12-20(13-15(2)21-14)17(11-19-18(3,4)5)16-9-7-6-8-10-16/h6-10,14-15,17,19H,11-13H2,1-5H3/t14-,15+,17?. The SMILES string of the molecule is C[C@@H]1CN(C(CNC(C)(C)C)c2ccccc2)C[C@H](C)O1. The Morgan fingerprint density at radius 2 is 1.71 bits per heavy atom. The van der Waals surface area contributed by atoms with Gasteiger partial charge < -0.3 is 10.1 Å². The van der Waals surface area contributed by atoms with Gasteiger partial charge in [-0.25, -0.2) is 0 Å². The number of nitrogens with one attached hydrogen (secondary N) is 1. The Balaban J connectivity index is 2.15. The van der Waals surface area contributed by atoms with Crippen molar-refractivity contribution in [3.63, 3.8) is 0 Å². The molecule has 0 bridgehead atoms. The van der Waals surface area contributed by atoms with Gasteiger partial charge in [-0.3, -0.25) is 4.90 Å². The van der Waals surface area contributed by atoms with Gasteiger partial charge in [-0.15, -0.1) is 0 Å². The predicted molar refractivity (Wildman–Crippen MR) is 88.5 cm³/mol. The summed E-state index contributed by atoms with van der Waals surface area (Å²) in [5.74, 6) is 0. The Morgan fingerprint density at radius 1 is 1.14 bits per heavy atom. The Morgan fingerprint density at radius 3 is 2.24 bits per heavy atom. The molecule has 1 unspecified atom stereocenters. The average Bonchev–Trinajstić information content (AvgIpc) is 2.37. The van der Waals surface area contributed by atoms with Gasteiger partial charge >= 0.3 is 0 Å². The molecule has 1 N–H and O–H groups in total. The summed E-state index contributed by atoms with van der Waals surface area (Å²) in [4.78, 5) is 2.56. The van der Waals surface area contributed by atoms with Crippen LogP contribution in [0.1, 0.15) is 46.2 Å². The Hall–Kier alpha value is -0.900. The van der Waals surface area contributed by atoms with Gasteiger partial charge in [0.2, 0.25) is 0 Å². The molecule has 3 nitrogen and oxygen atoms in total. The lowest BCUT2D eigenvalue weighted by Gasteiger charge is -2.41. The largest absolute Gasteiger partial charge is 0.373 e. The summed E-state index contributed by atoms with van der Waals surface area (Å²) < 4.78 is 5.89. The molecule has 2 rings (SSSR count). The van der Waals surface area contributed by atoms with Crippen LogP contribution in [0.25, 0.3) is 0 Å². The first-order valence-corrected chi connectivity index (χ1v) is 8.04. The number of hydrogen-bond donors (Lipinski definition) is 1. The molecule has 0 spiro atoms. The molecule has 3 atom stereocenters. The first kappa shape index (κ1) is 16.5. The molecule has 1 heterocycles. The van der Waals surface area contributed by atoms with Gasteiger partial charge in [0.05, 0.1) is 12.2 Å². The van der Waals surface area contributed by atoms with E-state index in [2.05, 4.69) is 75.2 Å². The lowest BCUT2D eigenvalue weighted by atomic mass is 10.0. The second-order valence-corrected chi connectivity index (χ2v) is 7.27. The topological polar surface area (TPSA) is 24.5 Å². The molecule has 0 radical (unpaired) electrons. The highest BCUT2D eigenvalue weighted by Gasteiger charge is 2.29. The summed E-state index contributed by atoms with van der Waals surface area (Å²) in [7, 11) is 0. The summed E-state index contributed by atoms with van der Waals surface area (Å²) in [6, 6.07) is 11.2. The van der Waals surface area contributed by atoms with Gasteiger partial charge in [-0.1, -0.05) is 30.3 Å². The lowest BCUT2D eigenvalue weighted by molar-refractivity contribution is -0.0811. The van der Waals surface area contributed by atoms with E-state index in [0.29, 0.717) is 18.2 Å². The van der Waals surface area contributed by atoms with E-state index in [1.807, 2.05) is 0 Å². The maximum atomic E-state index is 5.89. The molecule has 0 aliphatic carbocycles. The number of ether oxygens (including phenoxy) is 1. The van der Waals surface area contributed by atoms with E-state index in [1.54, 1.807) is 0 Å². The van der Waals surface area contributed by atoms with E-state index < -0.39 is 0 Å². The minimum Gasteiger partial charge on any atom is -0.373 e. The zero-order valence-corrected chi connectivity index (χ0v) is 14.1. The van der Waals surface area contributed by atoms with Crippen molar-refractivity contribution in [2.45, 2.75) is 58.4 Å². The molecule has 0 saturated carbocycles. The third-order valence-corrected chi connectivity index (χ3v) is 3.90. The Kier molecular flexibility index (Phi) is 5.42. The highest BCUT2D eigenvalue weighted by molar-refractivity contribution is 5.20. The summed E-state index contributed by atoms with van der Waals surface area (Å²) in [5, 5.41) is 3.66. The highest BCUT2D eigenvalue weighted by Crippen LogP contribution is 2.25. The van der Waals surface area contributed by atoms with Crippen molar-refractivity contribution in [3.05, 3.63) is 35.9 Å². The molecule has 0 aromatic heterocycles. The first-order valence-electron chi connectivity index (χ1n) is 8.04. The maximum Gasteiger partial charge on any atom is 0.0678 e. The summed E-state index contributed by atoms with van der Waals surface area (Å²) in [6.07, 6.45) is 0.601. The normalized spacial score (nSPS) is 25.8. The molecule has 1 fully saturated rings. The number of rotatable bonds is 4. The minimum atomic E-state index is 0.135. The average molecular weight is 290 g/mol. The van der Waals surface area contributed by atoms with Crippen LogP contribution in [0.2, 0.25) is 0 Å². The van der Waals surface area contributed by atoms with E-state index in [9.17, 15) is 0 Å². The fourth-order valence-electron chi connectivity index (χ4n) is 3.01. The van der Waals surface area contributed by atoms with Crippen LogP contribution in [0.4, 0.5) is 0 Å². The van der Waals surface area contributed by atoms with Crippen LogP contribution in [0.3, 0.4) is 0 Å². The van der Waals surface area contributed by atoms with Crippen LogP contribution in [0.15, 0.2) is 30.3 Å². The van der Waals surface area contributed by atoms with Crippen molar-refractivity contribution in [2.75, 3.05) is 19.6 Å². The van der Waals surface area contributed by atoms with Gasteiger partial charge in [0.15, 0.2) is 0 Å². The fourth-order valence-corrected chi connectivity index (χ4v) is 3.01. The molecular formula is C18H30N2O. The second kappa shape index (κ2) is 6.91. The van der Waals surface area contributed by atoms with E-state index >= 15 is 0 Å². The van der Waals surface area contributed by atoms with Crippen LogP contribution < -0.4 is 5.32 Å². The zero-order chi connectivity index (χ0) is 15.5. The van der Waals surface area contributed by atoms with Crippen LogP contribution in [-0.4, -0.2) is 42.3 Å². The van der Waals surface area contributed by atoms with Crippen LogP contribution in [-0.2, 0) is 4.74 Å². The van der Waals surface area contributed by atoms with Gasteiger partial charge in [-0.2, -0.15) is 0 Å². The summed E-state index contributed by atoms with van der Waals surface area (Å²) >= 11 is 0. The molecule has 3 heteroatoms. The number of hydrogen-bond acceptors (Lipinski definition) is 3. The van der Waals surface area contributed by atoms with Crippen LogP contribution in [0.5, 0.6) is 0 Å². The van der Waals surface area contributed by atoms with Crippen molar-refractivity contribution in [1.82, 2.24) is 10.2 Å². The van der Waals surface area contributed by atoms with E-state index in [1.165, 1.54) is 5.56 Å². The van der Waals surface area contributed by atoms with E-state index in [4.69, 9.17) is 4.74 Å². The Labute approximate surface area is 129 Å². The summed E-state index contributed by atoms with van der Waals surface area (Å²) in [5.41, 5.74) is 1.52. The van der Waals surface area contributed by atoms with Gasteiger partial charge in [0.25, 0.3) is 0 Å². The monoisotopic (exact) mass is 290 g/mol. The molecule has 118 valence electrons. The van der Waals surface area contributed by atoms with Crippen molar-refractivity contribution < 1.29 is 4.74 Å². The fraction of sp³-hybridized carbons (Fsp3) is 0.667. The van der Waals surface area contributed by atoms with E-state index in [-0.39, 0.29) is 5.54 Å². The van der Waals surface area contributed by atoms with Gasteiger partial charge in [0.1, 0.15) is 0 Å². The lowest BCUT2D eigenvalue weighted by Crippen LogP contribution is -2.50. The number of benzene rings is 1. The minimum absolute atomic E-state index is 0.135. The quantitative estimate of drug-likeness (QED) is 0.921. The van der Waals surface area contributed by atoms with E-state index in [0.717, 1.165) is 19.6 Å². The molecule has 0 amide bonds. The van der Waals surface area contributed by atoms with Gasteiger partial charge in [-0.05, 0) is 40.2 Å². The number of morpholine rings is 1. The molecule has 1 saturated heterocycles. The van der Waals surface area contributed by atoms with Crippen LogP contribution in [0, 0.1) is 0 Å². The molecular weight excluding hydrogens is 260 g/mol. The van der Waals surface area contributed by atoms with Gasteiger partial charge in [0, 0.05) is 31.2 Å². The molecule has 1 aliphatic rings. The highest BCUT2D eigenvalue weighted by atomic mass is 16.5. The van der Waals surface area contributed by atoms with Crippen LogP contribution >= 0.6 is 0 Å². The third kappa shape index (κ3) is 5.10. The zero-order valence-electron chi connectivity index (χ0n) is 14.1. The third-order valence-electron chi connectivity index (χ3n) is 3.90. The smallest absolute Gasteiger partial charge is 0.0678 e. The second-order valence-electron chi connectivity index (χ2n) is 7.27. The Bertz CT molecular complexity index is 417. The molecule has 1 aromatic carbocycles.